The predicted molar refractivity (Wildman–Crippen MR) is 76.7 cm³/mol. The molecule has 0 saturated carbocycles. The van der Waals surface area contributed by atoms with E-state index in [1.165, 1.54) is 6.07 Å². The summed E-state index contributed by atoms with van der Waals surface area (Å²) in [6, 6.07) is 5.33. The van der Waals surface area contributed by atoms with Gasteiger partial charge in [-0.25, -0.2) is 4.99 Å². The molecule has 0 aliphatic carbocycles. The molecule has 1 aliphatic rings. The first-order chi connectivity index (χ1) is 8.71. The van der Waals surface area contributed by atoms with E-state index in [-0.39, 0.29) is 17.0 Å². The Hall–Kier alpha value is -1.58. The van der Waals surface area contributed by atoms with Crippen LogP contribution in [0.3, 0.4) is 0 Å². The van der Waals surface area contributed by atoms with E-state index < -0.39 is 5.41 Å². The van der Waals surface area contributed by atoms with Crippen molar-refractivity contribution in [2.45, 2.75) is 46.1 Å². The van der Waals surface area contributed by atoms with Crippen LogP contribution in [0.1, 0.15) is 40.3 Å². The summed E-state index contributed by atoms with van der Waals surface area (Å²) in [7, 11) is 0. The lowest BCUT2D eigenvalue weighted by molar-refractivity contribution is 0.227. The molecule has 19 heavy (non-hydrogen) atoms. The molecular weight excluding hydrogens is 240 g/mol. The van der Waals surface area contributed by atoms with Gasteiger partial charge in [0.15, 0.2) is 5.90 Å². The number of hydrogen-bond donors (Lipinski definition) is 1. The first-order valence-corrected chi connectivity index (χ1v) is 6.62. The summed E-state index contributed by atoms with van der Waals surface area (Å²) in [6.07, 6.45) is 0. The summed E-state index contributed by atoms with van der Waals surface area (Å²) < 4.78 is 5.78. The number of rotatable bonds is 2. The van der Waals surface area contributed by atoms with Crippen molar-refractivity contribution in [1.29, 1.82) is 0 Å². The molecule has 0 unspecified atom stereocenters. The molecule has 0 aromatic carbocycles. The fraction of sp³-hybridized carbons (Fsp3) is 0.600. The highest BCUT2D eigenvalue weighted by molar-refractivity contribution is 5.88. The van der Waals surface area contributed by atoms with E-state index in [0.29, 0.717) is 12.5 Å². The molecule has 1 atom stereocenters. The van der Waals surface area contributed by atoms with E-state index in [2.05, 4.69) is 25.8 Å². The highest BCUT2D eigenvalue weighted by atomic mass is 16.5. The van der Waals surface area contributed by atoms with Crippen molar-refractivity contribution in [3.63, 3.8) is 0 Å². The molecule has 2 heterocycles. The zero-order valence-corrected chi connectivity index (χ0v) is 12.3. The Kier molecular flexibility index (Phi) is 3.29. The third-order valence-electron chi connectivity index (χ3n) is 3.63. The van der Waals surface area contributed by atoms with E-state index in [4.69, 9.17) is 9.73 Å². The topological polar surface area (TPSA) is 54.4 Å². The molecule has 0 bridgehead atoms. The van der Waals surface area contributed by atoms with Crippen LogP contribution in [0.25, 0.3) is 0 Å². The van der Waals surface area contributed by atoms with Crippen molar-refractivity contribution in [3.8, 4) is 0 Å². The van der Waals surface area contributed by atoms with Crippen molar-refractivity contribution in [1.82, 2.24) is 4.98 Å². The van der Waals surface area contributed by atoms with Crippen LogP contribution in [0.2, 0.25) is 0 Å². The number of nitrogens with one attached hydrogen (secondary N) is 1. The van der Waals surface area contributed by atoms with Gasteiger partial charge in [0, 0.05) is 11.8 Å². The lowest BCUT2D eigenvalue weighted by atomic mass is 9.87. The molecule has 104 valence electrons. The average molecular weight is 262 g/mol. The van der Waals surface area contributed by atoms with Crippen molar-refractivity contribution in [3.05, 3.63) is 34.2 Å². The molecule has 1 aromatic rings. The molecule has 1 aromatic heterocycles. The molecule has 0 spiro atoms. The summed E-state index contributed by atoms with van der Waals surface area (Å²) in [5, 5.41) is 0. The van der Waals surface area contributed by atoms with Crippen LogP contribution in [-0.4, -0.2) is 23.5 Å². The molecule has 0 amide bonds. The van der Waals surface area contributed by atoms with Crippen LogP contribution in [0, 0.1) is 5.41 Å². The van der Waals surface area contributed by atoms with Crippen molar-refractivity contribution in [2.24, 2.45) is 10.4 Å². The number of aliphatic imine (C=N–C) groups is 1. The summed E-state index contributed by atoms with van der Waals surface area (Å²) in [5.41, 5.74) is 0.396. The highest BCUT2D eigenvalue weighted by Crippen LogP contribution is 2.32. The Labute approximate surface area is 113 Å². The largest absolute Gasteiger partial charge is 0.478 e. The standard InChI is InChI=1S/C15H22N2O2/c1-14(2,3)11-9-19-13(17-11)15(4,5)10-7-6-8-12(18)16-10/h6-8,11H,9H2,1-5H3,(H,16,18)/t11-/m1/s1. The van der Waals surface area contributed by atoms with Gasteiger partial charge in [-0.1, -0.05) is 26.8 Å². The lowest BCUT2D eigenvalue weighted by Crippen LogP contribution is -2.32. The van der Waals surface area contributed by atoms with Crippen LogP contribution in [0.5, 0.6) is 0 Å². The number of hydrogen-bond acceptors (Lipinski definition) is 3. The minimum absolute atomic E-state index is 0.0852. The van der Waals surface area contributed by atoms with Crippen LogP contribution in [0.4, 0.5) is 0 Å². The minimum atomic E-state index is -0.416. The zero-order valence-electron chi connectivity index (χ0n) is 12.3. The number of ether oxygens (including phenoxy) is 1. The third kappa shape index (κ3) is 2.72. The van der Waals surface area contributed by atoms with Gasteiger partial charge in [0.05, 0.1) is 11.5 Å². The Bertz CT molecular complexity index is 550. The average Bonchev–Trinajstić information content (AvgIpc) is 2.78. The van der Waals surface area contributed by atoms with Gasteiger partial charge in [0.25, 0.3) is 0 Å². The van der Waals surface area contributed by atoms with Crippen molar-refractivity contribution in [2.75, 3.05) is 6.61 Å². The minimum Gasteiger partial charge on any atom is -0.478 e. The predicted octanol–water partition coefficient (Wildman–Crippen LogP) is 2.50. The Morgan fingerprint density at radius 1 is 1.26 bits per heavy atom. The third-order valence-corrected chi connectivity index (χ3v) is 3.63. The van der Waals surface area contributed by atoms with Crippen molar-refractivity contribution >= 4 is 5.90 Å². The van der Waals surface area contributed by atoms with Crippen LogP contribution < -0.4 is 5.56 Å². The number of aromatic amines is 1. The smallest absolute Gasteiger partial charge is 0.248 e. The second-order valence-corrected chi connectivity index (χ2v) is 6.68. The van der Waals surface area contributed by atoms with E-state index >= 15 is 0 Å². The maximum Gasteiger partial charge on any atom is 0.248 e. The molecule has 0 saturated heterocycles. The lowest BCUT2D eigenvalue weighted by Gasteiger charge is -2.23. The molecular formula is C15H22N2O2. The Morgan fingerprint density at radius 3 is 2.47 bits per heavy atom. The number of H-pyrrole nitrogens is 1. The fourth-order valence-corrected chi connectivity index (χ4v) is 2.09. The van der Waals surface area contributed by atoms with Gasteiger partial charge in [-0.3, -0.25) is 4.79 Å². The van der Waals surface area contributed by atoms with Crippen LogP contribution in [-0.2, 0) is 10.2 Å². The Balaban J connectivity index is 2.34. The molecule has 0 radical (unpaired) electrons. The number of pyridine rings is 1. The van der Waals surface area contributed by atoms with Crippen LogP contribution in [0.15, 0.2) is 28.0 Å². The van der Waals surface area contributed by atoms with Gasteiger partial charge in [0.2, 0.25) is 5.56 Å². The molecule has 0 fully saturated rings. The van der Waals surface area contributed by atoms with Gasteiger partial charge in [0.1, 0.15) is 6.61 Å². The molecule has 4 heteroatoms. The molecule has 1 N–H and O–H groups in total. The SMILES string of the molecule is CC(C)(C1=N[C@@H](C(C)(C)C)CO1)c1cccc(=O)[nH]1. The van der Waals surface area contributed by atoms with Crippen molar-refractivity contribution < 1.29 is 4.74 Å². The zero-order chi connectivity index (χ0) is 14.3. The summed E-state index contributed by atoms with van der Waals surface area (Å²) in [6.45, 7) is 11.1. The van der Waals surface area contributed by atoms with E-state index in [1.54, 1.807) is 6.07 Å². The first-order valence-electron chi connectivity index (χ1n) is 6.62. The quantitative estimate of drug-likeness (QED) is 0.890. The van der Waals surface area contributed by atoms with Gasteiger partial charge < -0.3 is 9.72 Å². The van der Waals surface area contributed by atoms with E-state index in [1.807, 2.05) is 19.9 Å². The monoisotopic (exact) mass is 262 g/mol. The van der Waals surface area contributed by atoms with E-state index in [0.717, 1.165) is 5.69 Å². The van der Waals surface area contributed by atoms with Gasteiger partial charge in [-0.05, 0) is 25.3 Å². The molecule has 1 aliphatic heterocycles. The summed E-state index contributed by atoms with van der Waals surface area (Å²) in [4.78, 5) is 19.0. The highest BCUT2D eigenvalue weighted by Gasteiger charge is 2.38. The first kappa shape index (κ1) is 13.8. The van der Waals surface area contributed by atoms with Crippen LogP contribution >= 0.6 is 0 Å². The second-order valence-electron chi connectivity index (χ2n) is 6.68. The fourth-order valence-electron chi connectivity index (χ4n) is 2.09. The summed E-state index contributed by atoms with van der Waals surface area (Å²) >= 11 is 0. The number of aromatic nitrogens is 1. The van der Waals surface area contributed by atoms with Gasteiger partial charge in [-0.2, -0.15) is 0 Å². The normalized spacial score (nSPS) is 20.1. The maximum atomic E-state index is 11.4. The van der Waals surface area contributed by atoms with E-state index in [9.17, 15) is 4.79 Å². The van der Waals surface area contributed by atoms with Gasteiger partial charge >= 0.3 is 0 Å². The number of nitrogens with zero attached hydrogens (tertiary/aromatic N) is 1. The Morgan fingerprint density at radius 2 is 1.95 bits per heavy atom. The molecule has 4 nitrogen and oxygen atoms in total. The van der Waals surface area contributed by atoms with Gasteiger partial charge in [-0.15, -0.1) is 0 Å². The second kappa shape index (κ2) is 4.51. The maximum absolute atomic E-state index is 11.4. The summed E-state index contributed by atoms with van der Waals surface area (Å²) in [5.74, 6) is 0.703. The molecule has 2 rings (SSSR count).